The number of sulfonamides is 1. The van der Waals surface area contributed by atoms with Crippen LogP contribution in [0.3, 0.4) is 0 Å². The third kappa shape index (κ3) is 3.70. The Kier molecular flexibility index (Phi) is 5.06. The van der Waals surface area contributed by atoms with Crippen molar-refractivity contribution < 1.29 is 23.1 Å². The summed E-state index contributed by atoms with van der Waals surface area (Å²) < 4.78 is 26.1. The Hall–Kier alpha value is -1.93. The van der Waals surface area contributed by atoms with Crippen molar-refractivity contribution in [2.75, 3.05) is 19.6 Å². The van der Waals surface area contributed by atoms with Gasteiger partial charge in [-0.15, -0.1) is 0 Å². The maximum atomic E-state index is 12.4. The number of nitrogens with zero attached hydrogens (tertiary/aromatic N) is 1. The van der Waals surface area contributed by atoms with E-state index in [9.17, 15) is 18.0 Å². The molecule has 0 saturated carbocycles. The van der Waals surface area contributed by atoms with Gasteiger partial charge in [0.25, 0.3) is 5.91 Å². The van der Waals surface area contributed by atoms with Crippen molar-refractivity contribution in [3.05, 3.63) is 29.8 Å². The second kappa shape index (κ2) is 6.67. The van der Waals surface area contributed by atoms with E-state index in [1.165, 1.54) is 29.2 Å². The fourth-order valence-electron chi connectivity index (χ4n) is 2.69. The van der Waals surface area contributed by atoms with Gasteiger partial charge in [0.05, 0.1) is 10.8 Å². The van der Waals surface area contributed by atoms with Gasteiger partial charge in [-0.25, -0.2) is 13.1 Å². The molecule has 0 aromatic heterocycles. The number of carbonyl (C=O) groups is 2. The van der Waals surface area contributed by atoms with Crippen LogP contribution in [0.5, 0.6) is 0 Å². The molecule has 1 fully saturated rings. The van der Waals surface area contributed by atoms with Crippen LogP contribution in [0.15, 0.2) is 29.2 Å². The van der Waals surface area contributed by atoms with Crippen molar-refractivity contribution in [3.8, 4) is 0 Å². The van der Waals surface area contributed by atoms with E-state index in [1.807, 2.05) is 0 Å². The number of benzene rings is 1. The minimum atomic E-state index is -3.55. The van der Waals surface area contributed by atoms with Gasteiger partial charge in [0.1, 0.15) is 0 Å². The molecule has 2 atom stereocenters. The van der Waals surface area contributed by atoms with Gasteiger partial charge >= 0.3 is 5.97 Å². The zero-order valence-corrected chi connectivity index (χ0v) is 13.8. The molecule has 1 saturated heterocycles. The summed E-state index contributed by atoms with van der Waals surface area (Å²) in [5.74, 6) is -1.86. The topological polar surface area (TPSA) is 104 Å². The number of likely N-dealkylation sites (tertiary alicyclic amines) is 1. The first-order chi connectivity index (χ1) is 10.8. The lowest BCUT2D eigenvalue weighted by molar-refractivity contribution is -0.142. The molecule has 1 aliphatic rings. The first-order valence-electron chi connectivity index (χ1n) is 7.38. The first kappa shape index (κ1) is 17.4. The molecule has 1 heterocycles. The van der Waals surface area contributed by atoms with Crippen molar-refractivity contribution in [1.82, 2.24) is 9.62 Å². The quantitative estimate of drug-likeness (QED) is 0.824. The molecule has 126 valence electrons. The Balaban J connectivity index is 2.14. The standard InChI is InChI=1S/C15H20N2O5S/c1-3-16-23(21,22)12-6-4-11(5-7-12)14(18)17-8-10(2)13(9-17)15(19)20/h4-7,10,13,16H,3,8-9H2,1-2H3,(H,19,20)/t10-,13-/m1/s1. The fraction of sp³-hybridized carbons (Fsp3) is 0.467. The molecule has 8 heteroatoms. The lowest BCUT2D eigenvalue weighted by Gasteiger charge is -2.16. The number of carboxylic acid groups (broad SMARTS) is 1. The van der Waals surface area contributed by atoms with Gasteiger partial charge in [-0.3, -0.25) is 9.59 Å². The third-order valence-corrected chi connectivity index (χ3v) is 5.52. The highest BCUT2D eigenvalue weighted by molar-refractivity contribution is 7.89. The molecule has 0 spiro atoms. The van der Waals surface area contributed by atoms with Crippen molar-refractivity contribution in [2.24, 2.45) is 11.8 Å². The number of rotatable bonds is 5. The van der Waals surface area contributed by atoms with Gasteiger partial charge in [0.15, 0.2) is 0 Å². The molecule has 1 aromatic rings. The lowest BCUT2D eigenvalue weighted by Crippen LogP contribution is -2.30. The zero-order valence-electron chi connectivity index (χ0n) is 13.0. The molecule has 0 radical (unpaired) electrons. The molecule has 1 aliphatic heterocycles. The predicted octanol–water partition coefficient (Wildman–Crippen LogP) is 0.777. The highest BCUT2D eigenvalue weighted by atomic mass is 32.2. The van der Waals surface area contributed by atoms with E-state index in [-0.39, 0.29) is 29.8 Å². The SMILES string of the molecule is CCNS(=O)(=O)c1ccc(C(=O)N2C[C@@H](C)[C@H](C(=O)O)C2)cc1. The van der Waals surface area contributed by atoms with E-state index in [0.717, 1.165) is 0 Å². The van der Waals surface area contributed by atoms with Gasteiger partial charge in [0, 0.05) is 25.2 Å². The molecule has 1 amide bonds. The molecule has 0 aliphatic carbocycles. The van der Waals surface area contributed by atoms with Crippen molar-refractivity contribution in [2.45, 2.75) is 18.7 Å². The van der Waals surface area contributed by atoms with Crippen LogP contribution in [-0.2, 0) is 14.8 Å². The average Bonchev–Trinajstić information content (AvgIpc) is 2.89. The molecule has 0 bridgehead atoms. The van der Waals surface area contributed by atoms with E-state index < -0.39 is 21.9 Å². The van der Waals surface area contributed by atoms with Gasteiger partial charge < -0.3 is 10.0 Å². The number of hydrogen-bond donors (Lipinski definition) is 2. The van der Waals surface area contributed by atoms with Gasteiger partial charge in [-0.05, 0) is 30.2 Å². The summed E-state index contributed by atoms with van der Waals surface area (Å²) in [5, 5.41) is 9.12. The van der Waals surface area contributed by atoms with E-state index in [0.29, 0.717) is 12.1 Å². The normalized spacial score (nSPS) is 21.4. The van der Waals surface area contributed by atoms with Crippen molar-refractivity contribution in [1.29, 1.82) is 0 Å². The number of hydrogen-bond acceptors (Lipinski definition) is 4. The number of carbonyl (C=O) groups excluding carboxylic acids is 1. The van der Waals surface area contributed by atoms with Crippen LogP contribution in [0, 0.1) is 11.8 Å². The maximum absolute atomic E-state index is 12.4. The number of carboxylic acids is 1. The van der Waals surface area contributed by atoms with Crippen molar-refractivity contribution in [3.63, 3.8) is 0 Å². The van der Waals surface area contributed by atoms with Crippen LogP contribution in [0.25, 0.3) is 0 Å². The molecule has 1 aromatic carbocycles. The molecule has 23 heavy (non-hydrogen) atoms. The van der Waals surface area contributed by atoms with E-state index in [2.05, 4.69) is 4.72 Å². The molecule has 2 N–H and O–H groups in total. The third-order valence-electron chi connectivity index (χ3n) is 3.96. The molecular formula is C15H20N2O5S. The number of nitrogens with one attached hydrogen (secondary N) is 1. The van der Waals surface area contributed by atoms with Crippen LogP contribution < -0.4 is 4.72 Å². The largest absolute Gasteiger partial charge is 0.481 e. The van der Waals surface area contributed by atoms with E-state index >= 15 is 0 Å². The number of aliphatic carboxylic acids is 1. The Labute approximate surface area is 135 Å². The molecule has 0 unspecified atom stereocenters. The predicted molar refractivity (Wildman–Crippen MR) is 83.5 cm³/mol. The van der Waals surface area contributed by atoms with Gasteiger partial charge in [-0.1, -0.05) is 13.8 Å². The number of amides is 1. The zero-order chi connectivity index (χ0) is 17.2. The van der Waals surface area contributed by atoms with Crippen LogP contribution in [0.4, 0.5) is 0 Å². The van der Waals surface area contributed by atoms with E-state index in [1.54, 1.807) is 13.8 Å². The first-order valence-corrected chi connectivity index (χ1v) is 8.86. The smallest absolute Gasteiger partial charge is 0.308 e. The second-order valence-electron chi connectivity index (χ2n) is 5.66. The molecule has 7 nitrogen and oxygen atoms in total. The molecule has 2 rings (SSSR count). The van der Waals surface area contributed by atoms with Gasteiger partial charge in [-0.2, -0.15) is 0 Å². The maximum Gasteiger partial charge on any atom is 0.308 e. The lowest BCUT2D eigenvalue weighted by atomic mass is 9.99. The fourth-order valence-corrected chi connectivity index (χ4v) is 3.73. The second-order valence-corrected chi connectivity index (χ2v) is 7.42. The average molecular weight is 340 g/mol. The summed E-state index contributed by atoms with van der Waals surface area (Å²) >= 11 is 0. The minimum absolute atomic E-state index is 0.0918. The summed E-state index contributed by atoms with van der Waals surface area (Å²) in [6.45, 7) is 4.33. The van der Waals surface area contributed by atoms with Gasteiger partial charge in [0.2, 0.25) is 10.0 Å². The monoisotopic (exact) mass is 340 g/mol. The highest BCUT2D eigenvalue weighted by Crippen LogP contribution is 2.25. The molecular weight excluding hydrogens is 320 g/mol. The van der Waals surface area contributed by atoms with Crippen LogP contribution in [0.2, 0.25) is 0 Å². The minimum Gasteiger partial charge on any atom is -0.481 e. The van der Waals surface area contributed by atoms with E-state index in [4.69, 9.17) is 5.11 Å². The summed E-state index contributed by atoms with van der Waals surface area (Å²) in [6, 6.07) is 5.65. The van der Waals surface area contributed by atoms with Crippen LogP contribution in [0.1, 0.15) is 24.2 Å². The Bertz CT molecular complexity index is 699. The Morgan fingerprint density at radius 2 is 1.87 bits per heavy atom. The Morgan fingerprint density at radius 1 is 1.26 bits per heavy atom. The Morgan fingerprint density at radius 3 is 2.35 bits per heavy atom. The summed E-state index contributed by atoms with van der Waals surface area (Å²) in [6.07, 6.45) is 0. The summed E-state index contributed by atoms with van der Waals surface area (Å²) in [5.41, 5.74) is 0.346. The van der Waals surface area contributed by atoms with Crippen molar-refractivity contribution >= 4 is 21.9 Å². The summed E-state index contributed by atoms with van der Waals surface area (Å²) in [4.78, 5) is 25.1. The van der Waals surface area contributed by atoms with Crippen LogP contribution >= 0.6 is 0 Å². The van der Waals surface area contributed by atoms with Crippen LogP contribution in [-0.4, -0.2) is 49.9 Å². The summed E-state index contributed by atoms with van der Waals surface area (Å²) in [7, 11) is -3.55. The highest BCUT2D eigenvalue weighted by Gasteiger charge is 2.37.